The predicted octanol–water partition coefficient (Wildman–Crippen LogP) is 0.0525. The average Bonchev–Trinajstić information content (AvgIpc) is 1.86. The van der Waals surface area contributed by atoms with Crippen LogP contribution in [0.2, 0.25) is 0 Å². The van der Waals surface area contributed by atoms with E-state index in [-0.39, 0.29) is 17.9 Å². The Morgan fingerprint density at radius 2 is 2.09 bits per heavy atom. The van der Waals surface area contributed by atoms with Gasteiger partial charge < -0.3 is 9.94 Å². The number of rotatable bonds is 4. The first-order valence-electron chi connectivity index (χ1n) is 2.90. The summed E-state index contributed by atoms with van der Waals surface area (Å²) < 4.78 is 0. The highest BCUT2D eigenvalue weighted by Crippen LogP contribution is 1.89. The fourth-order valence-electron chi connectivity index (χ4n) is 0.493. The van der Waals surface area contributed by atoms with Crippen LogP contribution in [0.3, 0.4) is 0 Å². The molecule has 0 aromatic rings. The predicted molar refractivity (Wildman–Crippen MR) is 37.4 cm³/mol. The van der Waals surface area contributed by atoms with Crippen LogP contribution in [0, 0.1) is 0 Å². The van der Waals surface area contributed by atoms with E-state index < -0.39 is 5.97 Å². The van der Waals surface area contributed by atoms with Crippen molar-refractivity contribution >= 4 is 17.5 Å². The lowest BCUT2D eigenvalue weighted by Gasteiger charge is -1.95. The van der Waals surface area contributed by atoms with Crippen molar-refractivity contribution in [3.63, 3.8) is 0 Å². The molecule has 5 heteroatoms. The summed E-state index contributed by atoms with van der Waals surface area (Å²) in [5, 5.41) is 11.6. The molecule has 0 atom stereocenters. The number of oxime groups is 1. The van der Waals surface area contributed by atoms with E-state index in [2.05, 4.69) is 9.99 Å². The molecule has 62 valence electrons. The van der Waals surface area contributed by atoms with Gasteiger partial charge in [-0.2, -0.15) is 0 Å². The first-order chi connectivity index (χ1) is 5.07. The van der Waals surface area contributed by atoms with Crippen LogP contribution < -0.4 is 0 Å². The number of carboxylic acids is 1. The lowest BCUT2D eigenvalue weighted by Crippen LogP contribution is -2.16. The number of carbonyl (C=O) groups is 2. The highest BCUT2D eigenvalue weighted by atomic mass is 16.6. The van der Waals surface area contributed by atoms with Crippen molar-refractivity contribution in [2.24, 2.45) is 5.16 Å². The monoisotopic (exact) mass is 159 g/mol. The zero-order valence-corrected chi connectivity index (χ0v) is 6.33. The number of nitrogens with zero attached hydrogens (tertiary/aromatic N) is 1. The first-order valence-corrected chi connectivity index (χ1v) is 2.90. The minimum absolute atomic E-state index is 0.205. The Kier molecular flexibility index (Phi) is 3.87. The quantitative estimate of drug-likeness (QED) is 0.464. The molecular weight excluding hydrogens is 150 g/mol. The van der Waals surface area contributed by atoms with Gasteiger partial charge in [0.1, 0.15) is 12.9 Å². The molecule has 0 saturated carbocycles. The molecule has 0 aliphatic carbocycles. The van der Waals surface area contributed by atoms with Crippen LogP contribution in [-0.4, -0.2) is 29.7 Å². The number of hydrogen-bond acceptors (Lipinski definition) is 4. The number of ketones is 1. The first kappa shape index (κ1) is 9.61. The molecule has 0 fully saturated rings. The smallest absolute Gasteiger partial charge is 0.354 e. The zero-order chi connectivity index (χ0) is 8.85. The van der Waals surface area contributed by atoms with Crippen molar-refractivity contribution in [1.82, 2.24) is 0 Å². The molecule has 0 spiro atoms. The topological polar surface area (TPSA) is 76.0 Å². The lowest BCUT2D eigenvalue weighted by atomic mass is 10.2. The van der Waals surface area contributed by atoms with Crippen molar-refractivity contribution < 1.29 is 19.5 Å². The van der Waals surface area contributed by atoms with E-state index in [4.69, 9.17) is 5.11 Å². The SMILES string of the molecule is CON=C(CC(C)=O)C(=O)O. The van der Waals surface area contributed by atoms with Crippen molar-refractivity contribution in [2.75, 3.05) is 7.11 Å². The summed E-state index contributed by atoms with van der Waals surface area (Å²) in [7, 11) is 1.23. The average molecular weight is 159 g/mol. The van der Waals surface area contributed by atoms with E-state index in [9.17, 15) is 9.59 Å². The van der Waals surface area contributed by atoms with E-state index in [0.29, 0.717) is 0 Å². The van der Waals surface area contributed by atoms with Crippen LogP contribution >= 0.6 is 0 Å². The summed E-state index contributed by atoms with van der Waals surface area (Å²) in [6.07, 6.45) is -0.205. The molecule has 0 bridgehead atoms. The van der Waals surface area contributed by atoms with Crippen LogP contribution in [0.25, 0.3) is 0 Å². The van der Waals surface area contributed by atoms with Gasteiger partial charge in [-0.15, -0.1) is 0 Å². The Balaban J connectivity index is 4.23. The molecule has 0 unspecified atom stereocenters. The van der Waals surface area contributed by atoms with Gasteiger partial charge in [-0.3, -0.25) is 4.79 Å². The maximum absolute atomic E-state index is 10.4. The molecule has 0 aromatic carbocycles. The normalized spacial score (nSPS) is 10.9. The summed E-state index contributed by atoms with van der Waals surface area (Å²) in [5.74, 6) is -1.50. The summed E-state index contributed by atoms with van der Waals surface area (Å²) in [6, 6.07) is 0. The summed E-state index contributed by atoms with van der Waals surface area (Å²) in [5.41, 5.74) is -0.278. The number of aliphatic carboxylic acids is 1. The van der Waals surface area contributed by atoms with E-state index in [0.717, 1.165) is 0 Å². The highest BCUT2D eigenvalue weighted by molar-refractivity contribution is 6.38. The Morgan fingerprint density at radius 1 is 1.55 bits per heavy atom. The minimum Gasteiger partial charge on any atom is -0.477 e. The summed E-state index contributed by atoms with van der Waals surface area (Å²) in [6.45, 7) is 1.29. The number of carbonyl (C=O) groups excluding carboxylic acids is 1. The zero-order valence-electron chi connectivity index (χ0n) is 6.33. The van der Waals surface area contributed by atoms with Gasteiger partial charge >= 0.3 is 5.97 Å². The number of carboxylic acid groups (broad SMARTS) is 1. The second kappa shape index (κ2) is 4.43. The Morgan fingerprint density at radius 3 is 2.36 bits per heavy atom. The van der Waals surface area contributed by atoms with Crippen molar-refractivity contribution in [3.8, 4) is 0 Å². The minimum atomic E-state index is -1.23. The van der Waals surface area contributed by atoms with Gasteiger partial charge in [0.05, 0.1) is 6.42 Å². The molecule has 0 heterocycles. The van der Waals surface area contributed by atoms with E-state index in [1.807, 2.05) is 0 Å². The third-order valence-corrected chi connectivity index (χ3v) is 0.865. The van der Waals surface area contributed by atoms with Crippen LogP contribution in [-0.2, 0) is 14.4 Å². The molecule has 0 aromatic heterocycles. The molecule has 5 nitrogen and oxygen atoms in total. The van der Waals surface area contributed by atoms with Gasteiger partial charge in [-0.05, 0) is 6.92 Å². The molecule has 0 aliphatic heterocycles. The van der Waals surface area contributed by atoms with Crippen molar-refractivity contribution in [3.05, 3.63) is 0 Å². The van der Waals surface area contributed by atoms with Crippen molar-refractivity contribution in [2.45, 2.75) is 13.3 Å². The highest BCUT2D eigenvalue weighted by Gasteiger charge is 2.12. The summed E-state index contributed by atoms with van der Waals surface area (Å²) >= 11 is 0. The maximum atomic E-state index is 10.4. The van der Waals surface area contributed by atoms with E-state index in [1.54, 1.807) is 0 Å². The lowest BCUT2D eigenvalue weighted by molar-refractivity contribution is -0.130. The number of Topliss-reactive ketones (excluding diaryl/α,β-unsaturated/α-hetero) is 1. The van der Waals surface area contributed by atoms with Crippen molar-refractivity contribution in [1.29, 1.82) is 0 Å². The standard InChI is InChI=1S/C6H9NO4/c1-4(8)3-5(6(9)10)7-11-2/h3H2,1-2H3,(H,9,10). The third kappa shape index (κ3) is 4.07. The van der Waals surface area contributed by atoms with E-state index >= 15 is 0 Å². The molecular formula is C6H9NO4. The molecule has 0 radical (unpaired) electrons. The molecule has 1 N–H and O–H groups in total. The van der Waals surface area contributed by atoms with Gasteiger partial charge in [0, 0.05) is 0 Å². The fraction of sp³-hybridized carbons (Fsp3) is 0.500. The Bertz CT molecular complexity index is 197. The van der Waals surface area contributed by atoms with Crippen LogP contribution in [0.4, 0.5) is 0 Å². The Labute approximate surface area is 63.6 Å². The second-order valence-electron chi connectivity index (χ2n) is 1.90. The molecule has 0 rings (SSSR count). The number of hydrogen-bond donors (Lipinski definition) is 1. The van der Waals surface area contributed by atoms with Gasteiger partial charge in [-0.25, -0.2) is 4.79 Å². The van der Waals surface area contributed by atoms with Gasteiger partial charge in [0.25, 0.3) is 0 Å². The maximum Gasteiger partial charge on any atom is 0.354 e. The van der Waals surface area contributed by atoms with Crippen LogP contribution in [0.15, 0.2) is 5.16 Å². The van der Waals surface area contributed by atoms with E-state index in [1.165, 1.54) is 14.0 Å². The summed E-state index contributed by atoms with van der Waals surface area (Å²) in [4.78, 5) is 24.9. The third-order valence-electron chi connectivity index (χ3n) is 0.865. The largest absolute Gasteiger partial charge is 0.477 e. The fourth-order valence-corrected chi connectivity index (χ4v) is 0.493. The second-order valence-corrected chi connectivity index (χ2v) is 1.90. The molecule has 0 aliphatic rings. The molecule has 0 amide bonds. The van der Waals surface area contributed by atoms with Gasteiger partial charge in [-0.1, -0.05) is 5.16 Å². The van der Waals surface area contributed by atoms with Crippen LogP contribution in [0.5, 0.6) is 0 Å². The molecule has 11 heavy (non-hydrogen) atoms. The van der Waals surface area contributed by atoms with Crippen LogP contribution in [0.1, 0.15) is 13.3 Å². The van der Waals surface area contributed by atoms with Gasteiger partial charge in [0.15, 0.2) is 5.71 Å². The Hall–Kier alpha value is -1.39. The molecule has 0 saturated heterocycles. The van der Waals surface area contributed by atoms with Gasteiger partial charge in [0.2, 0.25) is 0 Å².